The third-order valence-electron chi connectivity index (χ3n) is 3.59. The molecule has 0 spiro atoms. The number of amides is 2. The van der Waals surface area contributed by atoms with Crippen LogP contribution in [0.15, 0.2) is 17.6 Å². The zero-order chi connectivity index (χ0) is 19.3. The van der Waals surface area contributed by atoms with Crippen LogP contribution in [-0.4, -0.2) is 45.4 Å². The van der Waals surface area contributed by atoms with E-state index in [2.05, 4.69) is 20.6 Å². The molecule has 0 bridgehead atoms. The molecule has 140 valence electrons. The molecule has 2 aromatic rings. The number of aromatic amines is 1. The Kier molecular flexibility index (Phi) is 6.51. The van der Waals surface area contributed by atoms with Gasteiger partial charge in [0, 0.05) is 17.1 Å². The number of aliphatic carboxylic acids is 1. The highest BCUT2D eigenvalue weighted by Crippen LogP contribution is 2.22. The second-order valence-corrected chi connectivity index (χ2v) is 7.39. The lowest BCUT2D eigenvalue weighted by molar-refractivity contribution is -0.142. The van der Waals surface area contributed by atoms with Crippen molar-refractivity contribution in [2.45, 2.75) is 33.2 Å². The topological polar surface area (TPSA) is 124 Å². The second kappa shape index (κ2) is 8.61. The van der Waals surface area contributed by atoms with Gasteiger partial charge in [-0.2, -0.15) is 0 Å². The van der Waals surface area contributed by atoms with Gasteiger partial charge in [0.1, 0.15) is 11.7 Å². The van der Waals surface area contributed by atoms with Gasteiger partial charge in [0.15, 0.2) is 0 Å². The summed E-state index contributed by atoms with van der Waals surface area (Å²) in [6.07, 6.45) is 1.99. The van der Waals surface area contributed by atoms with E-state index in [4.69, 9.17) is 5.11 Å². The number of carbonyl (C=O) groups excluding carboxylic acids is 2. The van der Waals surface area contributed by atoms with E-state index in [-0.39, 0.29) is 12.5 Å². The van der Waals surface area contributed by atoms with Crippen molar-refractivity contribution in [2.75, 3.05) is 6.54 Å². The lowest BCUT2D eigenvalue weighted by Crippen LogP contribution is -2.46. The summed E-state index contributed by atoms with van der Waals surface area (Å²) in [5.41, 5.74) is 1.86. The number of nitrogens with zero attached hydrogens (tertiary/aromatic N) is 1. The fourth-order valence-corrected chi connectivity index (χ4v) is 2.99. The Morgan fingerprint density at radius 3 is 2.65 bits per heavy atom. The van der Waals surface area contributed by atoms with Crippen molar-refractivity contribution in [2.24, 2.45) is 5.92 Å². The molecule has 0 aliphatic rings. The molecule has 0 saturated carbocycles. The Morgan fingerprint density at radius 1 is 1.35 bits per heavy atom. The number of carboxylic acids is 1. The summed E-state index contributed by atoms with van der Waals surface area (Å²) < 4.78 is 0. The maximum absolute atomic E-state index is 12.1. The molecular formula is C17H22N4O4S. The summed E-state index contributed by atoms with van der Waals surface area (Å²) in [4.78, 5) is 42.4. The van der Waals surface area contributed by atoms with E-state index >= 15 is 0 Å². The predicted octanol–water partition coefficient (Wildman–Crippen LogP) is 1.79. The molecule has 2 heterocycles. The number of carboxylic acid groups (broad SMARTS) is 1. The number of nitrogens with one attached hydrogen (secondary N) is 3. The van der Waals surface area contributed by atoms with E-state index in [1.807, 2.05) is 26.2 Å². The van der Waals surface area contributed by atoms with Gasteiger partial charge in [-0.3, -0.25) is 9.59 Å². The van der Waals surface area contributed by atoms with E-state index in [1.54, 1.807) is 12.3 Å². The molecule has 0 aliphatic carbocycles. The summed E-state index contributed by atoms with van der Waals surface area (Å²) >= 11 is 1.52. The minimum absolute atomic E-state index is 0.123. The highest BCUT2D eigenvalue weighted by Gasteiger charge is 2.21. The van der Waals surface area contributed by atoms with Crippen LogP contribution >= 0.6 is 11.3 Å². The number of hydrogen-bond donors (Lipinski definition) is 4. The molecule has 26 heavy (non-hydrogen) atoms. The van der Waals surface area contributed by atoms with Crippen LogP contribution < -0.4 is 10.6 Å². The Labute approximate surface area is 155 Å². The molecule has 9 heteroatoms. The van der Waals surface area contributed by atoms with Crippen LogP contribution in [0.4, 0.5) is 0 Å². The molecule has 8 nitrogen and oxygen atoms in total. The number of rotatable bonds is 8. The number of hydrogen-bond acceptors (Lipinski definition) is 5. The Balaban J connectivity index is 1.89. The lowest BCUT2D eigenvalue weighted by Gasteiger charge is -2.16. The van der Waals surface area contributed by atoms with Gasteiger partial charge in [-0.1, -0.05) is 13.8 Å². The highest BCUT2D eigenvalue weighted by molar-refractivity contribution is 7.09. The highest BCUT2D eigenvalue weighted by atomic mass is 32.1. The largest absolute Gasteiger partial charge is 0.480 e. The van der Waals surface area contributed by atoms with Crippen molar-refractivity contribution in [3.63, 3.8) is 0 Å². The molecule has 0 aromatic carbocycles. The first kappa shape index (κ1) is 19.6. The maximum Gasteiger partial charge on any atom is 0.326 e. The van der Waals surface area contributed by atoms with E-state index in [0.29, 0.717) is 12.1 Å². The first-order valence-corrected chi connectivity index (χ1v) is 9.05. The Hall–Kier alpha value is -2.68. The molecular weight excluding hydrogens is 356 g/mol. The summed E-state index contributed by atoms with van der Waals surface area (Å²) in [6, 6.07) is 0.685. The minimum atomic E-state index is -1.09. The van der Waals surface area contributed by atoms with Crippen LogP contribution in [-0.2, 0) is 9.59 Å². The van der Waals surface area contributed by atoms with Crippen LogP contribution in [0.5, 0.6) is 0 Å². The van der Waals surface area contributed by atoms with E-state index < -0.39 is 23.8 Å². The zero-order valence-electron chi connectivity index (χ0n) is 14.8. The monoisotopic (exact) mass is 378 g/mol. The smallest absolute Gasteiger partial charge is 0.326 e. The van der Waals surface area contributed by atoms with Crippen LogP contribution in [0.25, 0.3) is 11.3 Å². The van der Waals surface area contributed by atoms with Gasteiger partial charge in [-0.15, -0.1) is 11.3 Å². The van der Waals surface area contributed by atoms with Crippen molar-refractivity contribution in [1.29, 1.82) is 0 Å². The van der Waals surface area contributed by atoms with Crippen LogP contribution in [0, 0.1) is 12.8 Å². The van der Waals surface area contributed by atoms with Gasteiger partial charge < -0.3 is 20.7 Å². The number of aromatic nitrogens is 2. The number of H-pyrrole nitrogens is 1. The normalized spacial score (nSPS) is 12.0. The van der Waals surface area contributed by atoms with Crippen molar-refractivity contribution < 1.29 is 19.5 Å². The fraction of sp³-hybridized carbons (Fsp3) is 0.412. The van der Waals surface area contributed by atoms with Crippen molar-refractivity contribution >= 4 is 29.1 Å². The molecule has 0 saturated heterocycles. The van der Waals surface area contributed by atoms with Crippen molar-refractivity contribution in [3.8, 4) is 11.3 Å². The van der Waals surface area contributed by atoms with Gasteiger partial charge in [0.2, 0.25) is 5.91 Å². The molecule has 0 fully saturated rings. The second-order valence-electron chi connectivity index (χ2n) is 6.32. The zero-order valence-corrected chi connectivity index (χ0v) is 15.6. The maximum atomic E-state index is 12.1. The molecule has 2 rings (SSSR count). The average molecular weight is 378 g/mol. The van der Waals surface area contributed by atoms with Crippen LogP contribution in [0.2, 0.25) is 0 Å². The molecule has 2 amide bonds. The molecule has 4 N–H and O–H groups in total. The number of aryl methyl sites for hydroxylation is 1. The minimum Gasteiger partial charge on any atom is -0.480 e. The molecule has 0 radical (unpaired) electrons. The third-order valence-corrected chi connectivity index (χ3v) is 4.37. The lowest BCUT2D eigenvalue weighted by atomic mass is 10.0. The van der Waals surface area contributed by atoms with Gasteiger partial charge in [0.05, 0.1) is 17.2 Å². The fourth-order valence-electron chi connectivity index (χ4n) is 2.36. The molecule has 0 aliphatic heterocycles. The van der Waals surface area contributed by atoms with E-state index in [1.165, 1.54) is 11.3 Å². The average Bonchev–Trinajstić information content (AvgIpc) is 3.20. The van der Waals surface area contributed by atoms with Crippen molar-refractivity contribution in [3.05, 3.63) is 28.3 Å². The van der Waals surface area contributed by atoms with Gasteiger partial charge in [-0.25, -0.2) is 9.78 Å². The summed E-state index contributed by atoms with van der Waals surface area (Å²) in [5, 5.41) is 16.8. The number of thiazole rings is 1. The summed E-state index contributed by atoms with van der Waals surface area (Å²) in [5.74, 6) is -1.97. The Bertz CT molecular complexity index is 796. The summed E-state index contributed by atoms with van der Waals surface area (Å²) in [6.45, 7) is 5.34. The van der Waals surface area contributed by atoms with Gasteiger partial charge >= 0.3 is 5.97 Å². The summed E-state index contributed by atoms with van der Waals surface area (Å²) in [7, 11) is 0. The van der Waals surface area contributed by atoms with Crippen molar-refractivity contribution in [1.82, 2.24) is 20.6 Å². The Morgan fingerprint density at radius 2 is 2.08 bits per heavy atom. The van der Waals surface area contributed by atoms with Gasteiger partial charge in [0.25, 0.3) is 5.91 Å². The van der Waals surface area contributed by atoms with Crippen LogP contribution in [0.1, 0.15) is 35.8 Å². The number of carbonyl (C=O) groups is 3. The first-order chi connectivity index (χ1) is 12.3. The van der Waals surface area contributed by atoms with Gasteiger partial charge in [-0.05, 0) is 25.3 Å². The standard InChI is InChI=1S/C17H22N4O4S/c1-9(2)4-13(17(24)25)21-15(22)7-19-16(23)12-5-11(6-18-12)14-8-26-10(3)20-14/h5-6,8-9,13,18H,4,7H2,1-3H3,(H,19,23)(H,21,22)(H,24,25)/t13-/m0/s1. The predicted molar refractivity (Wildman–Crippen MR) is 98.0 cm³/mol. The van der Waals surface area contributed by atoms with E-state index in [9.17, 15) is 14.4 Å². The quantitative estimate of drug-likeness (QED) is 0.557. The molecule has 0 unspecified atom stereocenters. The first-order valence-electron chi connectivity index (χ1n) is 8.17. The molecule has 2 aromatic heterocycles. The third kappa shape index (κ3) is 5.41. The van der Waals surface area contributed by atoms with Crippen LogP contribution in [0.3, 0.4) is 0 Å². The van der Waals surface area contributed by atoms with E-state index in [0.717, 1.165) is 16.3 Å². The molecule has 1 atom stereocenters. The SMILES string of the molecule is Cc1nc(-c2c[nH]c(C(=O)NCC(=O)N[C@@H](CC(C)C)C(=O)O)c2)cs1.